The number of thiocyanates is 1. The standard InChI is InChI=1S/C5H2ClN3S/c6-4-1-2-5(9-8-4)10-3-7/h1-2H. The van der Waals surface area contributed by atoms with Crippen LogP contribution >= 0.6 is 23.4 Å². The van der Waals surface area contributed by atoms with Crippen LogP contribution in [0.5, 0.6) is 0 Å². The minimum atomic E-state index is 0.335. The summed E-state index contributed by atoms with van der Waals surface area (Å²) in [6.07, 6.45) is 0. The van der Waals surface area contributed by atoms with E-state index >= 15 is 0 Å². The number of nitrogens with zero attached hydrogens (tertiary/aromatic N) is 3. The highest BCUT2D eigenvalue weighted by atomic mass is 35.5. The predicted molar refractivity (Wildman–Crippen MR) is 38.5 cm³/mol. The Morgan fingerprint density at radius 2 is 2.30 bits per heavy atom. The van der Waals surface area contributed by atoms with Gasteiger partial charge in [0.25, 0.3) is 0 Å². The summed E-state index contributed by atoms with van der Waals surface area (Å²) in [5.41, 5.74) is 0. The molecule has 3 nitrogen and oxygen atoms in total. The van der Waals surface area contributed by atoms with Gasteiger partial charge in [-0.1, -0.05) is 11.6 Å². The Kier molecular flexibility index (Phi) is 2.49. The quantitative estimate of drug-likeness (QED) is 0.477. The fourth-order valence-electron chi connectivity index (χ4n) is 0.405. The van der Waals surface area contributed by atoms with Gasteiger partial charge in [0.05, 0.1) is 0 Å². The minimum Gasteiger partial charge on any atom is -0.185 e. The van der Waals surface area contributed by atoms with E-state index in [1.54, 1.807) is 12.1 Å². The third-order valence-electron chi connectivity index (χ3n) is 0.758. The molecule has 0 bridgehead atoms. The molecule has 0 aromatic carbocycles. The molecule has 0 unspecified atom stereocenters. The molecule has 1 aromatic rings. The second kappa shape index (κ2) is 3.40. The van der Waals surface area contributed by atoms with Gasteiger partial charge in [0.1, 0.15) is 10.4 Å². The highest BCUT2D eigenvalue weighted by molar-refractivity contribution is 8.03. The van der Waals surface area contributed by atoms with Crippen LogP contribution < -0.4 is 0 Å². The van der Waals surface area contributed by atoms with E-state index in [0.717, 1.165) is 11.8 Å². The fourth-order valence-corrected chi connectivity index (χ4v) is 0.817. The largest absolute Gasteiger partial charge is 0.185 e. The number of hydrogen-bond donors (Lipinski definition) is 0. The first kappa shape index (κ1) is 7.32. The van der Waals surface area contributed by atoms with Crippen molar-refractivity contribution in [2.45, 2.75) is 5.03 Å². The molecule has 50 valence electrons. The average molecular weight is 172 g/mol. The molecular formula is C5H2ClN3S. The van der Waals surface area contributed by atoms with Crippen LogP contribution in [0.1, 0.15) is 0 Å². The fraction of sp³-hybridized carbons (Fsp3) is 0. The van der Waals surface area contributed by atoms with Crippen molar-refractivity contribution in [3.63, 3.8) is 0 Å². The highest BCUT2D eigenvalue weighted by Gasteiger charge is 1.93. The molecule has 0 spiro atoms. The van der Waals surface area contributed by atoms with Crippen molar-refractivity contribution in [3.05, 3.63) is 17.3 Å². The van der Waals surface area contributed by atoms with Crippen LogP contribution in [-0.2, 0) is 0 Å². The highest BCUT2D eigenvalue weighted by Crippen LogP contribution is 2.12. The zero-order chi connectivity index (χ0) is 7.40. The first-order valence-corrected chi connectivity index (χ1v) is 3.57. The summed E-state index contributed by atoms with van der Waals surface area (Å²) >= 11 is 6.40. The lowest BCUT2D eigenvalue weighted by atomic mass is 10.6. The molecular weight excluding hydrogens is 170 g/mol. The number of nitriles is 1. The van der Waals surface area contributed by atoms with E-state index in [0.29, 0.717) is 10.2 Å². The van der Waals surface area contributed by atoms with Crippen molar-refractivity contribution >= 4 is 23.4 Å². The molecule has 0 aliphatic carbocycles. The Morgan fingerprint density at radius 1 is 1.50 bits per heavy atom. The van der Waals surface area contributed by atoms with E-state index in [-0.39, 0.29) is 0 Å². The first-order valence-electron chi connectivity index (χ1n) is 2.38. The van der Waals surface area contributed by atoms with E-state index in [1.807, 2.05) is 5.40 Å². The van der Waals surface area contributed by atoms with Gasteiger partial charge in [0.15, 0.2) is 5.15 Å². The van der Waals surface area contributed by atoms with E-state index in [4.69, 9.17) is 16.9 Å². The first-order chi connectivity index (χ1) is 4.83. The second-order valence-corrected chi connectivity index (χ2v) is 2.58. The molecule has 0 amide bonds. The van der Waals surface area contributed by atoms with Gasteiger partial charge in [-0.2, -0.15) is 5.26 Å². The number of aromatic nitrogens is 2. The molecule has 10 heavy (non-hydrogen) atoms. The lowest BCUT2D eigenvalue weighted by Gasteiger charge is -1.88. The number of rotatable bonds is 1. The van der Waals surface area contributed by atoms with Crippen LogP contribution in [0.25, 0.3) is 0 Å². The van der Waals surface area contributed by atoms with Gasteiger partial charge >= 0.3 is 0 Å². The normalized spacial score (nSPS) is 8.80. The zero-order valence-corrected chi connectivity index (χ0v) is 6.35. The molecule has 5 heteroatoms. The van der Waals surface area contributed by atoms with E-state index in [2.05, 4.69) is 10.2 Å². The predicted octanol–water partition coefficient (Wildman–Crippen LogP) is 1.70. The van der Waals surface area contributed by atoms with Crippen LogP contribution in [-0.4, -0.2) is 10.2 Å². The van der Waals surface area contributed by atoms with Crippen LogP contribution in [0.3, 0.4) is 0 Å². The Labute approximate surface area is 67.0 Å². The van der Waals surface area contributed by atoms with E-state index in [9.17, 15) is 0 Å². The van der Waals surface area contributed by atoms with E-state index in [1.165, 1.54) is 0 Å². The molecule has 0 atom stereocenters. The SMILES string of the molecule is N#CSc1ccc(Cl)nn1. The van der Waals surface area contributed by atoms with Crippen molar-refractivity contribution in [1.82, 2.24) is 10.2 Å². The third kappa shape index (κ3) is 1.87. The molecule has 0 saturated heterocycles. The maximum atomic E-state index is 8.20. The third-order valence-corrected chi connectivity index (χ3v) is 1.48. The summed E-state index contributed by atoms with van der Waals surface area (Å²) in [6.45, 7) is 0. The summed E-state index contributed by atoms with van der Waals surface area (Å²) in [6, 6.07) is 3.23. The Balaban J connectivity index is 2.81. The number of thioether (sulfide) groups is 1. The van der Waals surface area contributed by atoms with Crippen LogP contribution in [0.4, 0.5) is 0 Å². The summed E-state index contributed by atoms with van der Waals surface area (Å²) in [5.74, 6) is 0. The van der Waals surface area contributed by atoms with E-state index < -0.39 is 0 Å². The summed E-state index contributed by atoms with van der Waals surface area (Å²) in [7, 11) is 0. The van der Waals surface area contributed by atoms with Gasteiger partial charge in [-0.3, -0.25) is 0 Å². The minimum absolute atomic E-state index is 0.335. The molecule has 1 rings (SSSR count). The second-order valence-electron chi connectivity index (χ2n) is 1.39. The maximum absolute atomic E-state index is 8.20. The maximum Gasteiger partial charge on any atom is 0.151 e. The van der Waals surface area contributed by atoms with Crippen LogP contribution in [0.2, 0.25) is 5.15 Å². The van der Waals surface area contributed by atoms with Gasteiger partial charge < -0.3 is 0 Å². The molecule has 0 fully saturated rings. The van der Waals surface area contributed by atoms with Gasteiger partial charge in [-0.25, -0.2) is 0 Å². The van der Waals surface area contributed by atoms with Crippen molar-refractivity contribution < 1.29 is 0 Å². The topological polar surface area (TPSA) is 49.6 Å². The average Bonchev–Trinajstić information content (AvgIpc) is 1.95. The van der Waals surface area contributed by atoms with Crippen LogP contribution in [0.15, 0.2) is 17.2 Å². The molecule has 0 saturated carbocycles. The Hall–Kier alpha value is -0.790. The van der Waals surface area contributed by atoms with Gasteiger partial charge in [0.2, 0.25) is 0 Å². The van der Waals surface area contributed by atoms with Gasteiger partial charge in [-0.15, -0.1) is 10.2 Å². The summed E-state index contributed by atoms with van der Waals surface area (Å²) < 4.78 is 0. The van der Waals surface area contributed by atoms with Gasteiger partial charge in [0, 0.05) is 11.8 Å². The summed E-state index contributed by atoms with van der Waals surface area (Å²) in [5, 5.41) is 18.1. The number of hydrogen-bond acceptors (Lipinski definition) is 4. The molecule has 1 aromatic heterocycles. The molecule has 0 aliphatic rings. The smallest absolute Gasteiger partial charge is 0.151 e. The van der Waals surface area contributed by atoms with Crippen LogP contribution in [0, 0.1) is 10.7 Å². The Morgan fingerprint density at radius 3 is 2.80 bits per heavy atom. The molecule has 0 radical (unpaired) electrons. The zero-order valence-electron chi connectivity index (χ0n) is 4.78. The van der Waals surface area contributed by atoms with Crippen molar-refractivity contribution in [2.75, 3.05) is 0 Å². The molecule has 1 heterocycles. The lowest BCUT2D eigenvalue weighted by molar-refractivity contribution is 0.932. The monoisotopic (exact) mass is 171 g/mol. The molecule has 0 N–H and O–H groups in total. The number of halogens is 1. The van der Waals surface area contributed by atoms with Gasteiger partial charge in [-0.05, 0) is 12.1 Å². The Bertz CT molecular complexity index is 253. The summed E-state index contributed by atoms with van der Waals surface area (Å²) in [4.78, 5) is 0. The van der Waals surface area contributed by atoms with Crippen molar-refractivity contribution in [3.8, 4) is 5.40 Å². The van der Waals surface area contributed by atoms with Crippen molar-refractivity contribution in [2.24, 2.45) is 0 Å². The van der Waals surface area contributed by atoms with Crippen molar-refractivity contribution in [1.29, 1.82) is 5.26 Å². The lowest BCUT2D eigenvalue weighted by Crippen LogP contribution is -1.82. The molecule has 0 aliphatic heterocycles.